The molecular weight excluding hydrogens is 356 g/mol. The molecule has 1 aromatic rings. The number of carbonyl (C=O) groups excluding carboxylic acids is 2. The van der Waals surface area contributed by atoms with Gasteiger partial charge in [-0.05, 0) is 31.5 Å². The molecule has 3 rings (SSSR count). The standard InChI is InChI=1S/C21H32N4O3/c1-16(2)22-20(27)25-10-9-24(12-17-5-7-18(28-4)8-6-17)14-21(15-25)11-19(26)23(3)13-21/h5-8,16H,9-15H2,1-4H3,(H,22,27)/t21-/m0/s1. The maximum absolute atomic E-state index is 12.7. The van der Waals surface area contributed by atoms with Crippen molar-refractivity contribution in [2.24, 2.45) is 5.41 Å². The summed E-state index contributed by atoms with van der Waals surface area (Å²) in [5.41, 5.74) is 0.983. The Hall–Kier alpha value is -2.28. The summed E-state index contributed by atoms with van der Waals surface area (Å²) in [6, 6.07) is 8.14. The van der Waals surface area contributed by atoms with Gasteiger partial charge in [0.1, 0.15) is 5.75 Å². The first-order valence-electron chi connectivity index (χ1n) is 9.95. The van der Waals surface area contributed by atoms with Crippen LogP contribution in [0.3, 0.4) is 0 Å². The highest BCUT2D eigenvalue weighted by atomic mass is 16.5. The molecule has 1 atom stereocenters. The first-order chi connectivity index (χ1) is 13.3. The van der Waals surface area contributed by atoms with E-state index in [9.17, 15) is 9.59 Å². The largest absolute Gasteiger partial charge is 0.497 e. The summed E-state index contributed by atoms with van der Waals surface area (Å²) in [5.74, 6) is 1.01. The lowest BCUT2D eigenvalue weighted by molar-refractivity contribution is -0.126. The number of hydrogen-bond donors (Lipinski definition) is 1. The first-order valence-corrected chi connectivity index (χ1v) is 9.95. The summed E-state index contributed by atoms with van der Waals surface area (Å²) in [6.07, 6.45) is 0.494. The second-order valence-corrected chi connectivity index (χ2v) is 8.51. The third kappa shape index (κ3) is 4.76. The highest BCUT2D eigenvalue weighted by molar-refractivity contribution is 5.80. The topological polar surface area (TPSA) is 65.1 Å². The maximum atomic E-state index is 12.7. The van der Waals surface area contributed by atoms with Crippen molar-refractivity contribution in [3.8, 4) is 5.75 Å². The number of hydrogen-bond acceptors (Lipinski definition) is 4. The van der Waals surface area contributed by atoms with E-state index in [1.165, 1.54) is 5.56 Å². The summed E-state index contributed by atoms with van der Waals surface area (Å²) in [7, 11) is 3.52. The Morgan fingerprint density at radius 2 is 1.89 bits per heavy atom. The number of carbonyl (C=O) groups is 2. The number of likely N-dealkylation sites (tertiary alicyclic amines) is 1. The minimum Gasteiger partial charge on any atom is -0.497 e. The lowest BCUT2D eigenvalue weighted by Crippen LogP contribution is -2.48. The minimum absolute atomic E-state index is 0.0392. The number of nitrogens with zero attached hydrogens (tertiary/aromatic N) is 3. The van der Waals surface area contributed by atoms with Crippen molar-refractivity contribution in [3.63, 3.8) is 0 Å². The van der Waals surface area contributed by atoms with E-state index in [0.29, 0.717) is 26.1 Å². The number of nitrogens with one attached hydrogen (secondary N) is 1. The van der Waals surface area contributed by atoms with Crippen molar-refractivity contribution >= 4 is 11.9 Å². The number of methoxy groups -OCH3 is 1. The molecule has 7 nitrogen and oxygen atoms in total. The molecule has 0 aliphatic carbocycles. The van der Waals surface area contributed by atoms with Crippen LogP contribution in [-0.2, 0) is 11.3 Å². The smallest absolute Gasteiger partial charge is 0.317 e. The monoisotopic (exact) mass is 388 g/mol. The van der Waals surface area contributed by atoms with Gasteiger partial charge in [-0.2, -0.15) is 0 Å². The summed E-state index contributed by atoms with van der Waals surface area (Å²) in [5, 5.41) is 3.00. The molecule has 0 saturated carbocycles. The molecule has 1 N–H and O–H groups in total. The van der Waals surface area contributed by atoms with Gasteiger partial charge in [-0.25, -0.2) is 4.79 Å². The van der Waals surface area contributed by atoms with Gasteiger partial charge < -0.3 is 19.9 Å². The van der Waals surface area contributed by atoms with E-state index in [2.05, 4.69) is 22.3 Å². The van der Waals surface area contributed by atoms with Gasteiger partial charge in [-0.15, -0.1) is 0 Å². The molecule has 2 aliphatic rings. The molecule has 1 aromatic carbocycles. The fraction of sp³-hybridized carbons (Fsp3) is 0.619. The number of ether oxygens (including phenoxy) is 1. The molecule has 1 spiro atoms. The summed E-state index contributed by atoms with van der Waals surface area (Å²) in [4.78, 5) is 31.1. The van der Waals surface area contributed by atoms with Crippen LogP contribution in [0.25, 0.3) is 0 Å². The van der Waals surface area contributed by atoms with Crippen molar-refractivity contribution in [2.75, 3.05) is 46.9 Å². The summed E-state index contributed by atoms with van der Waals surface area (Å²) in [6.45, 7) is 8.29. The van der Waals surface area contributed by atoms with Crippen LogP contribution in [-0.4, -0.2) is 79.6 Å². The molecule has 28 heavy (non-hydrogen) atoms. The lowest BCUT2D eigenvalue weighted by atomic mass is 9.86. The Kier molecular flexibility index (Phi) is 6.13. The Labute approximate surface area is 167 Å². The molecule has 2 saturated heterocycles. The highest BCUT2D eigenvalue weighted by Gasteiger charge is 2.46. The van der Waals surface area contributed by atoms with E-state index in [1.807, 2.05) is 37.9 Å². The van der Waals surface area contributed by atoms with E-state index >= 15 is 0 Å². The Morgan fingerprint density at radius 3 is 2.46 bits per heavy atom. The van der Waals surface area contributed by atoms with Gasteiger partial charge in [0, 0.05) is 64.2 Å². The predicted octanol–water partition coefficient (Wildman–Crippen LogP) is 1.78. The average molecular weight is 389 g/mol. The van der Waals surface area contributed by atoms with Crippen LogP contribution in [0.1, 0.15) is 25.8 Å². The SMILES string of the molecule is COc1ccc(CN2CCN(C(=O)NC(C)C)C[C@]3(CC(=O)N(C)C3)C2)cc1. The number of rotatable bonds is 4. The van der Waals surface area contributed by atoms with E-state index in [-0.39, 0.29) is 23.4 Å². The molecule has 2 fully saturated rings. The molecule has 0 bridgehead atoms. The van der Waals surface area contributed by atoms with Crippen molar-refractivity contribution in [1.29, 1.82) is 0 Å². The zero-order valence-corrected chi connectivity index (χ0v) is 17.4. The van der Waals surface area contributed by atoms with E-state index in [4.69, 9.17) is 4.74 Å². The molecule has 154 valence electrons. The van der Waals surface area contributed by atoms with Crippen molar-refractivity contribution in [1.82, 2.24) is 20.0 Å². The van der Waals surface area contributed by atoms with E-state index in [0.717, 1.165) is 25.4 Å². The van der Waals surface area contributed by atoms with Gasteiger partial charge in [0.2, 0.25) is 5.91 Å². The quantitative estimate of drug-likeness (QED) is 0.854. The molecular formula is C21H32N4O3. The van der Waals surface area contributed by atoms with Crippen molar-refractivity contribution in [3.05, 3.63) is 29.8 Å². The zero-order chi connectivity index (χ0) is 20.3. The third-order valence-electron chi connectivity index (χ3n) is 5.56. The minimum atomic E-state index is -0.219. The van der Waals surface area contributed by atoms with Crippen LogP contribution >= 0.6 is 0 Å². The van der Waals surface area contributed by atoms with Crippen molar-refractivity contribution < 1.29 is 14.3 Å². The molecule has 0 unspecified atom stereocenters. The fourth-order valence-corrected chi connectivity index (χ4v) is 4.30. The van der Waals surface area contributed by atoms with Crippen LogP contribution in [0.5, 0.6) is 5.75 Å². The van der Waals surface area contributed by atoms with Gasteiger partial charge in [-0.3, -0.25) is 9.69 Å². The molecule has 2 heterocycles. The molecule has 0 aromatic heterocycles. The molecule has 7 heteroatoms. The maximum Gasteiger partial charge on any atom is 0.317 e. The van der Waals surface area contributed by atoms with Gasteiger partial charge in [0.15, 0.2) is 0 Å². The van der Waals surface area contributed by atoms with Gasteiger partial charge in [-0.1, -0.05) is 12.1 Å². The van der Waals surface area contributed by atoms with Gasteiger partial charge in [0.25, 0.3) is 0 Å². The zero-order valence-electron chi connectivity index (χ0n) is 17.4. The van der Waals surface area contributed by atoms with E-state index < -0.39 is 0 Å². The third-order valence-corrected chi connectivity index (χ3v) is 5.56. The summed E-state index contributed by atoms with van der Waals surface area (Å²) < 4.78 is 5.24. The Bertz CT molecular complexity index is 706. The first kappa shape index (κ1) is 20.5. The normalized spacial score (nSPS) is 23.4. The Morgan fingerprint density at radius 1 is 1.18 bits per heavy atom. The second-order valence-electron chi connectivity index (χ2n) is 8.51. The predicted molar refractivity (Wildman–Crippen MR) is 108 cm³/mol. The lowest BCUT2D eigenvalue weighted by Gasteiger charge is -2.33. The molecule has 2 aliphatic heterocycles. The highest BCUT2D eigenvalue weighted by Crippen LogP contribution is 2.35. The number of urea groups is 1. The Balaban J connectivity index is 1.77. The second kappa shape index (κ2) is 8.39. The van der Waals surface area contributed by atoms with Crippen molar-refractivity contribution in [2.45, 2.75) is 32.9 Å². The van der Waals surface area contributed by atoms with Gasteiger partial charge >= 0.3 is 6.03 Å². The van der Waals surface area contributed by atoms with Crippen LogP contribution in [0.4, 0.5) is 4.79 Å². The summed E-state index contributed by atoms with van der Waals surface area (Å²) >= 11 is 0. The number of benzene rings is 1. The number of amides is 3. The van der Waals surface area contributed by atoms with Crippen LogP contribution in [0, 0.1) is 5.41 Å². The van der Waals surface area contributed by atoms with Crippen LogP contribution in [0.15, 0.2) is 24.3 Å². The molecule has 0 radical (unpaired) electrons. The van der Waals surface area contributed by atoms with Crippen LogP contribution in [0.2, 0.25) is 0 Å². The average Bonchev–Trinajstić information content (AvgIpc) is 2.80. The van der Waals surface area contributed by atoms with Gasteiger partial charge in [0.05, 0.1) is 7.11 Å². The van der Waals surface area contributed by atoms with Crippen LogP contribution < -0.4 is 10.1 Å². The van der Waals surface area contributed by atoms with E-state index in [1.54, 1.807) is 12.0 Å². The fourth-order valence-electron chi connectivity index (χ4n) is 4.30. The molecule has 3 amide bonds.